The summed E-state index contributed by atoms with van der Waals surface area (Å²) in [6, 6.07) is -0.316. The Hall–Kier alpha value is -0.810. The van der Waals surface area contributed by atoms with E-state index in [-0.39, 0.29) is 18.2 Å². The van der Waals surface area contributed by atoms with Crippen LogP contribution in [0, 0.1) is 0 Å². The van der Waals surface area contributed by atoms with Crippen LogP contribution < -0.4 is 5.32 Å². The molecular formula is C12H23NO4. The Bertz CT molecular complexity index is 274. The van der Waals surface area contributed by atoms with Gasteiger partial charge in [0.15, 0.2) is 0 Å². The number of alkyl carbamates (subject to hydrolysis) is 1. The lowest BCUT2D eigenvalue weighted by atomic mass is 9.97. The van der Waals surface area contributed by atoms with E-state index in [9.17, 15) is 9.90 Å². The minimum Gasteiger partial charge on any atom is -0.444 e. The number of hydrogen-bond donors (Lipinski definition) is 2. The van der Waals surface area contributed by atoms with E-state index in [0.717, 1.165) is 0 Å². The van der Waals surface area contributed by atoms with Gasteiger partial charge in [0.25, 0.3) is 0 Å². The van der Waals surface area contributed by atoms with E-state index in [4.69, 9.17) is 9.47 Å². The largest absolute Gasteiger partial charge is 0.444 e. The Balaban J connectivity index is 2.52. The number of carbonyl (C=O) groups excluding carboxylic acids is 1. The number of carbonyl (C=O) groups is 1. The van der Waals surface area contributed by atoms with Crippen molar-refractivity contribution in [3.63, 3.8) is 0 Å². The molecule has 4 atom stereocenters. The van der Waals surface area contributed by atoms with Gasteiger partial charge in [-0.2, -0.15) is 0 Å². The second-order valence-corrected chi connectivity index (χ2v) is 5.63. The molecule has 100 valence electrons. The minimum atomic E-state index is -0.696. The molecule has 0 aliphatic carbocycles. The molecule has 0 aromatic rings. The number of hydrogen-bond acceptors (Lipinski definition) is 4. The minimum absolute atomic E-state index is 0.0216. The summed E-state index contributed by atoms with van der Waals surface area (Å²) >= 11 is 0. The molecule has 5 heteroatoms. The first-order chi connectivity index (χ1) is 7.69. The highest BCUT2D eigenvalue weighted by Crippen LogP contribution is 2.20. The Morgan fingerprint density at radius 1 is 1.41 bits per heavy atom. The summed E-state index contributed by atoms with van der Waals surface area (Å²) in [5.74, 6) is 0. The second-order valence-electron chi connectivity index (χ2n) is 5.63. The zero-order chi connectivity index (χ0) is 13.2. The van der Waals surface area contributed by atoms with Crippen molar-refractivity contribution in [2.75, 3.05) is 0 Å². The number of ether oxygens (including phenoxy) is 2. The van der Waals surface area contributed by atoms with Crippen molar-refractivity contribution >= 4 is 6.09 Å². The molecule has 0 bridgehead atoms. The summed E-state index contributed by atoms with van der Waals surface area (Å²) < 4.78 is 10.6. The van der Waals surface area contributed by atoms with E-state index in [1.165, 1.54) is 0 Å². The molecule has 1 amide bonds. The predicted molar refractivity (Wildman–Crippen MR) is 63.8 cm³/mol. The second kappa shape index (κ2) is 5.23. The first-order valence-corrected chi connectivity index (χ1v) is 6.02. The molecule has 0 aromatic carbocycles. The van der Waals surface area contributed by atoms with Gasteiger partial charge in [-0.05, 0) is 41.0 Å². The average Bonchev–Trinajstić information content (AvgIpc) is 2.10. The Kier molecular flexibility index (Phi) is 4.38. The molecule has 0 aromatic heterocycles. The van der Waals surface area contributed by atoms with Gasteiger partial charge in [-0.1, -0.05) is 0 Å². The van der Waals surface area contributed by atoms with Gasteiger partial charge in [0.2, 0.25) is 0 Å². The van der Waals surface area contributed by atoms with Crippen LogP contribution in [0.3, 0.4) is 0 Å². The lowest BCUT2D eigenvalue weighted by molar-refractivity contribution is -0.116. The van der Waals surface area contributed by atoms with Gasteiger partial charge in [-0.25, -0.2) is 4.79 Å². The summed E-state index contributed by atoms with van der Waals surface area (Å²) in [4.78, 5) is 11.6. The van der Waals surface area contributed by atoms with Gasteiger partial charge in [0.1, 0.15) is 11.7 Å². The SMILES string of the molecule is C[C@@H]1CC(NC(=O)OC(C)(C)C)C(O)[C@H](C)O1. The van der Waals surface area contributed by atoms with Crippen molar-refractivity contribution in [3.8, 4) is 0 Å². The van der Waals surface area contributed by atoms with Crippen LogP contribution in [-0.2, 0) is 9.47 Å². The molecular weight excluding hydrogens is 222 g/mol. The Morgan fingerprint density at radius 2 is 2.00 bits per heavy atom. The van der Waals surface area contributed by atoms with Gasteiger partial charge in [0.05, 0.1) is 18.2 Å². The van der Waals surface area contributed by atoms with E-state index in [2.05, 4.69) is 5.32 Å². The van der Waals surface area contributed by atoms with Crippen LogP contribution in [0.4, 0.5) is 4.79 Å². The lowest BCUT2D eigenvalue weighted by Gasteiger charge is -2.37. The van der Waals surface area contributed by atoms with Crippen LogP contribution in [0.2, 0.25) is 0 Å². The van der Waals surface area contributed by atoms with Crippen molar-refractivity contribution in [3.05, 3.63) is 0 Å². The number of aliphatic hydroxyl groups is 1. The highest BCUT2D eigenvalue weighted by atomic mass is 16.6. The molecule has 1 heterocycles. The summed E-state index contributed by atoms with van der Waals surface area (Å²) in [5.41, 5.74) is -0.530. The van der Waals surface area contributed by atoms with Gasteiger partial charge < -0.3 is 19.9 Å². The van der Waals surface area contributed by atoms with Gasteiger partial charge >= 0.3 is 6.09 Å². The van der Waals surface area contributed by atoms with Crippen LogP contribution in [0.25, 0.3) is 0 Å². The number of aliphatic hydroxyl groups excluding tert-OH is 1. The average molecular weight is 245 g/mol. The molecule has 17 heavy (non-hydrogen) atoms. The van der Waals surface area contributed by atoms with Crippen LogP contribution in [0.5, 0.6) is 0 Å². The first-order valence-electron chi connectivity index (χ1n) is 6.02. The number of rotatable bonds is 1. The summed E-state index contributed by atoms with van der Waals surface area (Å²) in [6.45, 7) is 9.13. The van der Waals surface area contributed by atoms with Crippen LogP contribution in [-0.4, -0.2) is 41.2 Å². The molecule has 2 unspecified atom stereocenters. The highest BCUT2D eigenvalue weighted by molar-refractivity contribution is 5.68. The van der Waals surface area contributed by atoms with Crippen molar-refractivity contribution in [2.45, 2.75) is 71.0 Å². The molecule has 1 rings (SSSR count). The van der Waals surface area contributed by atoms with E-state index < -0.39 is 17.8 Å². The fourth-order valence-corrected chi connectivity index (χ4v) is 1.93. The highest BCUT2D eigenvalue weighted by Gasteiger charge is 2.35. The van der Waals surface area contributed by atoms with Gasteiger partial charge in [0, 0.05) is 0 Å². The fraction of sp³-hybridized carbons (Fsp3) is 0.917. The summed E-state index contributed by atoms with van der Waals surface area (Å²) in [7, 11) is 0. The zero-order valence-corrected chi connectivity index (χ0v) is 11.2. The van der Waals surface area contributed by atoms with E-state index >= 15 is 0 Å². The first kappa shape index (κ1) is 14.3. The van der Waals surface area contributed by atoms with Crippen LogP contribution in [0.1, 0.15) is 41.0 Å². The van der Waals surface area contributed by atoms with E-state index in [1.807, 2.05) is 6.92 Å². The lowest BCUT2D eigenvalue weighted by Crippen LogP contribution is -2.54. The monoisotopic (exact) mass is 245 g/mol. The molecule has 5 nitrogen and oxygen atoms in total. The third kappa shape index (κ3) is 4.52. The summed E-state index contributed by atoms with van der Waals surface area (Å²) in [6.07, 6.45) is -0.862. The zero-order valence-electron chi connectivity index (χ0n) is 11.2. The van der Waals surface area contributed by atoms with E-state index in [0.29, 0.717) is 6.42 Å². The molecule has 1 fully saturated rings. The fourth-order valence-electron chi connectivity index (χ4n) is 1.93. The van der Waals surface area contributed by atoms with E-state index in [1.54, 1.807) is 27.7 Å². The molecule has 1 aliphatic rings. The quantitative estimate of drug-likeness (QED) is 0.733. The standard InChI is InChI=1S/C12H23NO4/c1-7-6-9(10(14)8(2)16-7)13-11(15)17-12(3,4)5/h7-10,14H,6H2,1-5H3,(H,13,15)/t7-,8+,9?,10?/m1/s1. The van der Waals surface area contributed by atoms with Crippen LogP contribution in [0.15, 0.2) is 0 Å². The molecule has 0 saturated carbocycles. The predicted octanol–water partition coefficient (Wildman–Crippen LogP) is 1.44. The van der Waals surface area contributed by atoms with Crippen molar-refractivity contribution in [2.24, 2.45) is 0 Å². The van der Waals surface area contributed by atoms with Crippen molar-refractivity contribution in [1.82, 2.24) is 5.32 Å². The smallest absolute Gasteiger partial charge is 0.407 e. The topological polar surface area (TPSA) is 67.8 Å². The molecule has 0 radical (unpaired) electrons. The normalized spacial score (nSPS) is 34.2. The van der Waals surface area contributed by atoms with Crippen molar-refractivity contribution < 1.29 is 19.4 Å². The Morgan fingerprint density at radius 3 is 2.53 bits per heavy atom. The number of nitrogens with one attached hydrogen (secondary N) is 1. The van der Waals surface area contributed by atoms with Gasteiger partial charge in [-0.15, -0.1) is 0 Å². The maximum atomic E-state index is 11.6. The number of amides is 1. The van der Waals surface area contributed by atoms with Crippen LogP contribution >= 0.6 is 0 Å². The third-order valence-corrected chi connectivity index (χ3v) is 2.63. The molecule has 1 saturated heterocycles. The molecule has 0 spiro atoms. The van der Waals surface area contributed by atoms with Crippen molar-refractivity contribution in [1.29, 1.82) is 0 Å². The maximum Gasteiger partial charge on any atom is 0.407 e. The molecule has 1 aliphatic heterocycles. The van der Waals surface area contributed by atoms with Gasteiger partial charge in [-0.3, -0.25) is 0 Å². The maximum absolute atomic E-state index is 11.6. The molecule has 2 N–H and O–H groups in total. The summed E-state index contributed by atoms with van der Waals surface area (Å²) in [5, 5.41) is 12.6. The Labute approximate surface area is 102 Å². The third-order valence-electron chi connectivity index (χ3n) is 2.63.